The van der Waals surface area contributed by atoms with Crippen molar-refractivity contribution in [2.45, 2.75) is 69.5 Å². The zero-order chi connectivity index (χ0) is 24.7. The van der Waals surface area contributed by atoms with Crippen molar-refractivity contribution in [3.63, 3.8) is 0 Å². The smallest absolute Gasteiger partial charge is 0.243 e. The normalized spacial score (nSPS) is 15.3. The molecule has 2 amide bonds. The quantitative estimate of drug-likeness (QED) is 0.558. The lowest BCUT2D eigenvalue weighted by Crippen LogP contribution is -2.53. The van der Waals surface area contributed by atoms with Crippen LogP contribution in [0.3, 0.4) is 0 Å². The van der Waals surface area contributed by atoms with E-state index >= 15 is 0 Å². The summed E-state index contributed by atoms with van der Waals surface area (Å²) in [6.45, 7) is 3.63. The molecule has 2 aromatic rings. The molecule has 1 atom stereocenters. The van der Waals surface area contributed by atoms with Crippen molar-refractivity contribution in [3.8, 4) is 0 Å². The van der Waals surface area contributed by atoms with Gasteiger partial charge in [0, 0.05) is 19.6 Å². The number of hydrogen-bond donors (Lipinski definition) is 1. The number of likely N-dealkylation sites (N-methyl/N-ethyl adjacent to an activating group) is 1. The van der Waals surface area contributed by atoms with E-state index in [9.17, 15) is 18.0 Å². The van der Waals surface area contributed by atoms with Gasteiger partial charge in [-0.05, 0) is 43.9 Å². The number of hydrogen-bond acceptors (Lipinski definition) is 4. The van der Waals surface area contributed by atoms with Crippen LogP contribution >= 0.6 is 0 Å². The van der Waals surface area contributed by atoms with Gasteiger partial charge in [0.05, 0.1) is 11.4 Å². The third kappa shape index (κ3) is 6.45. The summed E-state index contributed by atoms with van der Waals surface area (Å²) < 4.78 is 27.1. The zero-order valence-electron chi connectivity index (χ0n) is 20.2. The lowest BCUT2D eigenvalue weighted by atomic mass is 10.1. The standard InChI is InChI=1S/C26H35N3O4S/c1-4-24(26(31)27-22-12-8-9-13-22)29(18-21-10-6-5-7-11-21)25(30)19-28(3)34(32,33)23-16-14-20(2)15-17-23/h5-7,10-11,14-17,22,24H,4,8-9,12-13,18-19H2,1-3H3,(H,27,31)/t24-/m0/s1. The van der Waals surface area contributed by atoms with Gasteiger partial charge in [0.15, 0.2) is 0 Å². The van der Waals surface area contributed by atoms with Crippen LogP contribution < -0.4 is 5.32 Å². The molecule has 3 rings (SSSR count). The van der Waals surface area contributed by atoms with Crippen molar-refractivity contribution in [3.05, 3.63) is 65.7 Å². The highest BCUT2D eigenvalue weighted by atomic mass is 32.2. The van der Waals surface area contributed by atoms with Crippen LogP contribution in [-0.4, -0.2) is 55.1 Å². The fraction of sp³-hybridized carbons (Fsp3) is 0.462. The van der Waals surface area contributed by atoms with Crippen molar-refractivity contribution >= 4 is 21.8 Å². The van der Waals surface area contributed by atoms with E-state index in [1.807, 2.05) is 44.2 Å². The Morgan fingerprint density at radius 1 is 1.03 bits per heavy atom. The number of carbonyl (C=O) groups excluding carboxylic acids is 2. The van der Waals surface area contributed by atoms with Gasteiger partial charge < -0.3 is 10.2 Å². The first-order valence-electron chi connectivity index (χ1n) is 11.9. The maximum atomic E-state index is 13.5. The lowest BCUT2D eigenvalue weighted by molar-refractivity contribution is -0.141. The van der Waals surface area contributed by atoms with Gasteiger partial charge in [-0.1, -0.05) is 67.8 Å². The van der Waals surface area contributed by atoms with Crippen molar-refractivity contribution in [2.75, 3.05) is 13.6 Å². The minimum Gasteiger partial charge on any atom is -0.352 e. The number of nitrogens with zero attached hydrogens (tertiary/aromatic N) is 2. The van der Waals surface area contributed by atoms with Crippen LogP contribution in [0.15, 0.2) is 59.5 Å². The molecule has 0 heterocycles. The Labute approximate surface area is 203 Å². The Hall–Kier alpha value is -2.71. The van der Waals surface area contributed by atoms with Crippen LogP contribution in [0.25, 0.3) is 0 Å². The summed E-state index contributed by atoms with van der Waals surface area (Å²) in [5.41, 5.74) is 1.83. The Balaban J connectivity index is 1.81. The summed E-state index contributed by atoms with van der Waals surface area (Å²) in [5, 5.41) is 3.10. The first-order valence-corrected chi connectivity index (χ1v) is 13.3. The summed E-state index contributed by atoms with van der Waals surface area (Å²) in [7, 11) is -2.45. The minimum atomic E-state index is -3.84. The predicted octanol–water partition coefficient (Wildman–Crippen LogP) is 3.48. The molecule has 0 spiro atoms. The number of amides is 2. The summed E-state index contributed by atoms with van der Waals surface area (Å²) in [6.07, 6.45) is 4.52. The molecule has 0 unspecified atom stereocenters. The summed E-state index contributed by atoms with van der Waals surface area (Å²) in [5.74, 6) is -0.585. The molecule has 7 nitrogen and oxygen atoms in total. The van der Waals surface area contributed by atoms with Crippen molar-refractivity contribution in [1.82, 2.24) is 14.5 Å². The fourth-order valence-corrected chi connectivity index (χ4v) is 5.44. The maximum absolute atomic E-state index is 13.5. The Bertz CT molecular complexity index is 1060. The average Bonchev–Trinajstić information content (AvgIpc) is 3.32. The molecule has 0 saturated heterocycles. The van der Waals surface area contributed by atoms with E-state index < -0.39 is 22.0 Å². The van der Waals surface area contributed by atoms with Gasteiger partial charge in [-0.3, -0.25) is 9.59 Å². The molecule has 0 aliphatic heterocycles. The number of sulfonamides is 1. The van der Waals surface area contributed by atoms with Crippen LogP contribution in [0.4, 0.5) is 0 Å². The molecule has 34 heavy (non-hydrogen) atoms. The molecule has 2 aromatic carbocycles. The van der Waals surface area contributed by atoms with Gasteiger partial charge >= 0.3 is 0 Å². The maximum Gasteiger partial charge on any atom is 0.243 e. The predicted molar refractivity (Wildman–Crippen MR) is 132 cm³/mol. The minimum absolute atomic E-state index is 0.133. The topological polar surface area (TPSA) is 86.8 Å². The monoisotopic (exact) mass is 485 g/mol. The molecule has 8 heteroatoms. The van der Waals surface area contributed by atoms with E-state index in [-0.39, 0.29) is 29.9 Å². The van der Waals surface area contributed by atoms with E-state index in [0.717, 1.165) is 41.1 Å². The molecule has 1 fully saturated rings. The summed E-state index contributed by atoms with van der Waals surface area (Å²) in [6, 6.07) is 15.4. The van der Waals surface area contributed by atoms with Gasteiger partial charge in [0.1, 0.15) is 6.04 Å². The van der Waals surface area contributed by atoms with Gasteiger partial charge in [0.2, 0.25) is 21.8 Å². The molecule has 0 aromatic heterocycles. The van der Waals surface area contributed by atoms with Crippen molar-refractivity contribution in [1.29, 1.82) is 0 Å². The molecule has 1 aliphatic carbocycles. The molecule has 0 radical (unpaired) electrons. The summed E-state index contributed by atoms with van der Waals surface area (Å²) >= 11 is 0. The van der Waals surface area contributed by atoms with Crippen LogP contribution in [-0.2, 0) is 26.2 Å². The SMILES string of the molecule is CC[C@@H](C(=O)NC1CCCC1)N(Cc1ccccc1)C(=O)CN(C)S(=O)(=O)c1ccc(C)cc1. The molecule has 0 bridgehead atoms. The average molecular weight is 486 g/mol. The van der Waals surface area contributed by atoms with Gasteiger partial charge in [0.25, 0.3) is 0 Å². The molecular weight excluding hydrogens is 450 g/mol. The number of carbonyl (C=O) groups is 2. The van der Waals surface area contributed by atoms with E-state index in [0.29, 0.717) is 6.42 Å². The van der Waals surface area contributed by atoms with E-state index in [4.69, 9.17) is 0 Å². The van der Waals surface area contributed by atoms with Gasteiger partial charge in [-0.2, -0.15) is 4.31 Å². The first-order chi connectivity index (χ1) is 16.2. The van der Waals surface area contributed by atoms with Crippen molar-refractivity contribution < 1.29 is 18.0 Å². The van der Waals surface area contributed by atoms with Crippen LogP contribution in [0, 0.1) is 6.92 Å². The molecular formula is C26H35N3O4S. The second-order valence-corrected chi connectivity index (χ2v) is 11.0. The third-order valence-electron chi connectivity index (χ3n) is 6.37. The molecule has 1 aliphatic rings. The largest absolute Gasteiger partial charge is 0.352 e. The number of rotatable bonds is 10. The Morgan fingerprint density at radius 2 is 1.65 bits per heavy atom. The zero-order valence-corrected chi connectivity index (χ0v) is 21.1. The second kappa shape index (κ2) is 11.6. The molecule has 184 valence electrons. The van der Waals surface area contributed by atoms with E-state index in [1.54, 1.807) is 12.1 Å². The highest BCUT2D eigenvalue weighted by molar-refractivity contribution is 7.89. The number of nitrogens with one attached hydrogen (secondary N) is 1. The van der Waals surface area contributed by atoms with Gasteiger partial charge in [-0.25, -0.2) is 8.42 Å². The molecule has 1 saturated carbocycles. The number of benzene rings is 2. The van der Waals surface area contributed by atoms with E-state index in [1.165, 1.54) is 24.1 Å². The van der Waals surface area contributed by atoms with Gasteiger partial charge in [-0.15, -0.1) is 0 Å². The first kappa shape index (κ1) is 25.9. The van der Waals surface area contributed by atoms with Crippen LogP contribution in [0.5, 0.6) is 0 Å². The molecule has 1 N–H and O–H groups in total. The van der Waals surface area contributed by atoms with Crippen molar-refractivity contribution in [2.24, 2.45) is 0 Å². The Morgan fingerprint density at radius 3 is 2.24 bits per heavy atom. The lowest BCUT2D eigenvalue weighted by Gasteiger charge is -2.32. The Kier molecular flexibility index (Phi) is 8.85. The highest BCUT2D eigenvalue weighted by Gasteiger charge is 2.33. The van der Waals surface area contributed by atoms with Crippen LogP contribution in [0.1, 0.15) is 50.2 Å². The second-order valence-electron chi connectivity index (χ2n) is 9.00. The van der Waals surface area contributed by atoms with Crippen LogP contribution in [0.2, 0.25) is 0 Å². The summed E-state index contributed by atoms with van der Waals surface area (Å²) in [4.78, 5) is 28.3. The number of aryl methyl sites for hydroxylation is 1. The van der Waals surface area contributed by atoms with E-state index in [2.05, 4.69) is 5.32 Å². The fourth-order valence-electron chi connectivity index (χ4n) is 4.32. The highest BCUT2D eigenvalue weighted by Crippen LogP contribution is 2.20. The third-order valence-corrected chi connectivity index (χ3v) is 8.19.